The second-order valence-corrected chi connectivity index (χ2v) is 5.03. The molecule has 0 aliphatic carbocycles. The number of methoxy groups -OCH3 is 2. The zero-order chi connectivity index (χ0) is 16.4. The largest absolute Gasteiger partial charge is 0.468 e. The predicted octanol–water partition coefficient (Wildman–Crippen LogP) is 2.51. The minimum absolute atomic E-state index is 0.115. The summed E-state index contributed by atoms with van der Waals surface area (Å²) < 4.78 is 20.3. The number of hydrogen-bond donors (Lipinski definition) is 2. The molecule has 2 atom stereocenters. The Bertz CT molecular complexity index is 452. The summed E-state index contributed by atoms with van der Waals surface area (Å²) in [5, 5.41) is 18.2. The lowest BCUT2D eigenvalue weighted by Crippen LogP contribution is -2.17. The molecule has 0 unspecified atom stereocenters. The van der Waals surface area contributed by atoms with Gasteiger partial charge in [0.1, 0.15) is 12.5 Å². The number of ether oxygens (including phenoxy) is 4. The van der Waals surface area contributed by atoms with Crippen molar-refractivity contribution in [1.82, 2.24) is 0 Å². The van der Waals surface area contributed by atoms with Crippen LogP contribution in [0.3, 0.4) is 0 Å². The fourth-order valence-corrected chi connectivity index (χ4v) is 1.96. The maximum Gasteiger partial charge on any atom is 0.188 e. The fourth-order valence-electron chi connectivity index (χ4n) is 1.96. The number of nitrogens with one attached hydrogen (secondary N) is 1. The molecular weight excluding hydrogens is 286 g/mol. The van der Waals surface area contributed by atoms with Crippen molar-refractivity contribution in [2.75, 3.05) is 27.8 Å². The van der Waals surface area contributed by atoms with Gasteiger partial charge in [-0.1, -0.05) is 12.1 Å². The Hall–Kier alpha value is -1.47. The zero-order valence-corrected chi connectivity index (χ0v) is 13.4. The molecule has 0 heterocycles. The summed E-state index contributed by atoms with van der Waals surface area (Å²) in [5.41, 5.74) is 1.14. The highest BCUT2D eigenvalue weighted by Gasteiger charge is 2.14. The Balaban J connectivity index is 2.49. The van der Waals surface area contributed by atoms with Crippen molar-refractivity contribution < 1.29 is 24.1 Å². The van der Waals surface area contributed by atoms with Gasteiger partial charge in [0.05, 0.1) is 12.2 Å². The second kappa shape index (κ2) is 10.3. The summed E-state index contributed by atoms with van der Waals surface area (Å²) >= 11 is 0. The normalized spacial score (nSPS) is 13.6. The highest BCUT2D eigenvalue weighted by Crippen LogP contribution is 2.22. The molecule has 124 valence electrons. The molecule has 0 radical (unpaired) electrons. The number of benzene rings is 1. The zero-order valence-electron chi connectivity index (χ0n) is 13.4. The molecule has 0 aliphatic heterocycles. The summed E-state index contributed by atoms with van der Waals surface area (Å²) in [6, 6.07) is 7.16. The lowest BCUT2D eigenvalue weighted by Gasteiger charge is -2.16. The van der Waals surface area contributed by atoms with Crippen LogP contribution in [0.2, 0.25) is 0 Å². The van der Waals surface area contributed by atoms with E-state index < -0.39 is 6.10 Å². The van der Waals surface area contributed by atoms with E-state index in [1.54, 1.807) is 32.4 Å². The van der Waals surface area contributed by atoms with Gasteiger partial charge >= 0.3 is 0 Å². The lowest BCUT2D eigenvalue weighted by atomic mass is 10.0. The maximum absolute atomic E-state index is 10.2. The monoisotopic (exact) mass is 311 g/mol. The minimum Gasteiger partial charge on any atom is -0.468 e. The molecule has 2 N–H and O–H groups in total. The Morgan fingerprint density at radius 2 is 1.91 bits per heavy atom. The van der Waals surface area contributed by atoms with Gasteiger partial charge in [-0.05, 0) is 24.6 Å². The molecule has 0 saturated heterocycles. The summed E-state index contributed by atoms with van der Waals surface area (Å²) in [4.78, 5) is 0. The first-order chi connectivity index (χ1) is 10.6. The van der Waals surface area contributed by atoms with Crippen LogP contribution in [0.15, 0.2) is 24.3 Å². The van der Waals surface area contributed by atoms with Gasteiger partial charge in [-0.25, -0.2) is 0 Å². The summed E-state index contributed by atoms with van der Waals surface area (Å²) in [6.07, 6.45) is -0.140. The molecule has 0 aliphatic rings. The number of hydrogen-bond acceptors (Lipinski definition) is 6. The lowest BCUT2D eigenvalue weighted by molar-refractivity contribution is -0.0627. The first-order valence-corrected chi connectivity index (χ1v) is 7.13. The topological polar surface area (TPSA) is 81.0 Å². The van der Waals surface area contributed by atoms with Gasteiger partial charge in [0.15, 0.2) is 6.79 Å². The molecule has 0 spiro atoms. The third-order valence-electron chi connectivity index (χ3n) is 3.03. The van der Waals surface area contributed by atoms with Gasteiger partial charge in [-0.3, -0.25) is 0 Å². The van der Waals surface area contributed by atoms with Crippen LogP contribution in [0.25, 0.3) is 0 Å². The molecular formula is C16H25NO5. The van der Waals surface area contributed by atoms with E-state index in [1.165, 1.54) is 0 Å². The van der Waals surface area contributed by atoms with E-state index in [9.17, 15) is 5.11 Å². The second-order valence-electron chi connectivity index (χ2n) is 5.03. The molecule has 6 heteroatoms. The number of aliphatic hydroxyl groups excluding tert-OH is 1. The van der Waals surface area contributed by atoms with E-state index in [0.29, 0.717) is 23.4 Å². The van der Waals surface area contributed by atoms with E-state index in [2.05, 4.69) is 0 Å². The van der Waals surface area contributed by atoms with Crippen LogP contribution in [-0.4, -0.2) is 44.7 Å². The van der Waals surface area contributed by atoms with Gasteiger partial charge in [-0.15, -0.1) is 0 Å². The quantitative estimate of drug-likeness (QED) is 0.485. The molecule has 0 saturated carbocycles. The summed E-state index contributed by atoms with van der Waals surface area (Å²) in [5.74, 6) is 0.627. The van der Waals surface area contributed by atoms with Crippen LogP contribution in [-0.2, 0) is 14.2 Å². The van der Waals surface area contributed by atoms with Crippen molar-refractivity contribution in [3.05, 3.63) is 29.8 Å². The molecule has 0 fully saturated rings. The number of aliphatic hydroxyl groups is 1. The Morgan fingerprint density at radius 3 is 2.59 bits per heavy atom. The van der Waals surface area contributed by atoms with E-state index in [4.69, 9.17) is 24.4 Å². The molecule has 6 nitrogen and oxygen atoms in total. The van der Waals surface area contributed by atoms with Crippen LogP contribution in [0.5, 0.6) is 5.75 Å². The third kappa shape index (κ3) is 7.00. The van der Waals surface area contributed by atoms with Crippen LogP contribution < -0.4 is 4.74 Å². The third-order valence-corrected chi connectivity index (χ3v) is 3.03. The Morgan fingerprint density at radius 1 is 1.18 bits per heavy atom. The van der Waals surface area contributed by atoms with Gasteiger partial charge in [-0.2, -0.15) is 0 Å². The van der Waals surface area contributed by atoms with Crippen molar-refractivity contribution in [3.8, 4) is 5.75 Å². The van der Waals surface area contributed by atoms with Gasteiger partial charge in [0, 0.05) is 32.8 Å². The molecule has 1 aromatic carbocycles. The Kier molecular flexibility index (Phi) is 8.69. The molecule has 1 aromatic rings. The highest BCUT2D eigenvalue weighted by atomic mass is 16.7. The molecule has 0 bridgehead atoms. The van der Waals surface area contributed by atoms with Crippen molar-refractivity contribution in [2.24, 2.45) is 0 Å². The number of rotatable bonds is 11. The first kappa shape index (κ1) is 18.6. The standard InChI is InChI=1S/C16H25NO5/c1-12(21-10-19-2)7-14(17)9-16(18)13-5-4-6-15(8-13)22-11-20-3/h4-6,8,12,16-18H,7,9-11H2,1-3H3/t12-,16-/m0/s1. The van der Waals surface area contributed by atoms with E-state index in [1.807, 2.05) is 13.0 Å². The Labute approximate surface area is 131 Å². The van der Waals surface area contributed by atoms with E-state index >= 15 is 0 Å². The fraction of sp³-hybridized carbons (Fsp3) is 0.562. The van der Waals surface area contributed by atoms with Crippen molar-refractivity contribution in [1.29, 1.82) is 5.41 Å². The minimum atomic E-state index is -0.742. The van der Waals surface area contributed by atoms with Crippen LogP contribution in [0, 0.1) is 5.41 Å². The summed E-state index contributed by atoms with van der Waals surface area (Å²) in [6.45, 7) is 2.23. The van der Waals surface area contributed by atoms with Crippen LogP contribution in [0.4, 0.5) is 0 Å². The average molecular weight is 311 g/mol. The molecule has 22 heavy (non-hydrogen) atoms. The maximum atomic E-state index is 10.2. The van der Waals surface area contributed by atoms with Gasteiger partial charge in [0.2, 0.25) is 0 Å². The first-order valence-electron chi connectivity index (χ1n) is 7.13. The van der Waals surface area contributed by atoms with Gasteiger partial charge < -0.3 is 29.5 Å². The van der Waals surface area contributed by atoms with E-state index in [-0.39, 0.29) is 26.1 Å². The van der Waals surface area contributed by atoms with Crippen molar-refractivity contribution in [3.63, 3.8) is 0 Å². The smallest absolute Gasteiger partial charge is 0.188 e. The molecule has 0 amide bonds. The highest BCUT2D eigenvalue weighted by molar-refractivity contribution is 5.82. The molecule has 0 aromatic heterocycles. The molecule has 1 rings (SSSR count). The SMILES string of the molecule is COCOc1cccc([C@@H](O)CC(=N)C[C@H](C)OCOC)c1. The van der Waals surface area contributed by atoms with Crippen molar-refractivity contribution >= 4 is 5.71 Å². The summed E-state index contributed by atoms with van der Waals surface area (Å²) in [7, 11) is 3.10. The van der Waals surface area contributed by atoms with Crippen molar-refractivity contribution in [2.45, 2.75) is 32.0 Å². The average Bonchev–Trinajstić information content (AvgIpc) is 2.51. The van der Waals surface area contributed by atoms with Crippen LogP contribution in [0.1, 0.15) is 31.4 Å². The van der Waals surface area contributed by atoms with Crippen LogP contribution >= 0.6 is 0 Å². The van der Waals surface area contributed by atoms with Gasteiger partial charge in [0.25, 0.3) is 0 Å². The van der Waals surface area contributed by atoms with E-state index in [0.717, 1.165) is 0 Å². The predicted molar refractivity (Wildman–Crippen MR) is 83.3 cm³/mol.